The summed E-state index contributed by atoms with van der Waals surface area (Å²) in [5, 5.41) is 6.45. The third-order valence-electron chi connectivity index (χ3n) is 0.640. The monoisotopic (exact) mass is 156 g/mol. The fraction of sp³-hybridized carbons (Fsp3) is 0.667. The first kappa shape index (κ1) is 12.8. The molecule has 0 aliphatic rings. The molecule has 1 aromatic heterocycles. The van der Waals surface area contributed by atoms with Crippen molar-refractivity contribution in [1.82, 2.24) is 10.2 Å². The fourth-order valence-corrected chi connectivity index (χ4v) is 0.325. The lowest BCUT2D eigenvalue weighted by atomic mass is 10.5. The van der Waals surface area contributed by atoms with Crippen LogP contribution in [0.2, 0.25) is 0 Å². The minimum Gasteiger partial charge on any atom is -0.283 e. The molecule has 0 saturated heterocycles. The van der Waals surface area contributed by atoms with Crippen LogP contribution in [0.5, 0.6) is 0 Å². The molecule has 0 aromatic carbocycles. The number of hydrogen-bond acceptors (Lipinski definition) is 1. The average Bonchev–Trinajstić information content (AvgIpc) is 2.46. The number of aromatic nitrogens is 2. The summed E-state index contributed by atoms with van der Waals surface area (Å²) in [7, 11) is 0. The van der Waals surface area contributed by atoms with Gasteiger partial charge in [0.1, 0.15) is 0 Å². The summed E-state index contributed by atoms with van der Waals surface area (Å²) in [5.41, 5.74) is 1.11. The lowest BCUT2D eigenvalue weighted by Gasteiger charge is -1.68. The lowest BCUT2D eigenvalue weighted by molar-refractivity contribution is 1.05. The van der Waals surface area contributed by atoms with Gasteiger partial charge < -0.3 is 0 Å². The zero-order valence-electron chi connectivity index (χ0n) is 8.31. The van der Waals surface area contributed by atoms with Crippen molar-refractivity contribution in [1.29, 1.82) is 0 Å². The average molecular weight is 156 g/mol. The molecule has 0 unspecified atom stereocenters. The Morgan fingerprint density at radius 3 is 1.91 bits per heavy atom. The molecule has 1 N–H and O–H groups in total. The van der Waals surface area contributed by atoms with Crippen molar-refractivity contribution in [3.8, 4) is 0 Å². The third-order valence-corrected chi connectivity index (χ3v) is 0.640. The van der Waals surface area contributed by atoms with E-state index in [2.05, 4.69) is 24.0 Å². The Kier molecular flexibility index (Phi) is 13.9. The van der Waals surface area contributed by atoms with Crippen LogP contribution < -0.4 is 0 Å². The van der Waals surface area contributed by atoms with E-state index in [1.54, 1.807) is 6.20 Å². The molecule has 0 atom stereocenters. The normalized spacial score (nSPS) is 7.00. The molecular formula is C9H20N2. The van der Waals surface area contributed by atoms with Crippen LogP contribution in [0.15, 0.2) is 12.3 Å². The first-order valence-corrected chi connectivity index (χ1v) is 4.27. The SMILES string of the molecule is CC.CCC.Cc1ccn[nH]1. The van der Waals surface area contributed by atoms with Gasteiger partial charge in [-0.15, -0.1) is 0 Å². The number of hydrogen-bond donors (Lipinski definition) is 1. The molecule has 0 saturated carbocycles. The predicted molar refractivity (Wildman–Crippen MR) is 50.6 cm³/mol. The smallest absolute Gasteiger partial charge is 0.0489 e. The van der Waals surface area contributed by atoms with E-state index in [1.165, 1.54) is 6.42 Å². The highest BCUT2D eigenvalue weighted by Crippen LogP contribution is 1.82. The number of nitrogens with one attached hydrogen (secondary N) is 1. The van der Waals surface area contributed by atoms with E-state index in [0.717, 1.165) is 5.69 Å². The van der Waals surface area contributed by atoms with E-state index in [0.29, 0.717) is 0 Å². The predicted octanol–water partition coefficient (Wildman–Crippen LogP) is 3.16. The fourth-order valence-electron chi connectivity index (χ4n) is 0.325. The highest BCUT2D eigenvalue weighted by atomic mass is 15.1. The van der Waals surface area contributed by atoms with Gasteiger partial charge in [0.05, 0.1) is 0 Å². The minimum absolute atomic E-state index is 1.11. The molecule has 0 bridgehead atoms. The number of rotatable bonds is 0. The van der Waals surface area contributed by atoms with Gasteiger partial charge in [0, 0.05) is 11.9 Å². The Labute approximate surface area is 70.0 Å². The minimum atomic E-state index is 1.11. The van der Waals surface area contributed by atoms with Gasteiger partial charge in [-0.2, -0.15) is 5.10 Å². The highest BCUT2D eigenvalue weighted by molar-refractivity contribution is 4.91. The van der Waals surface area contributed by atoms with Crippen molar-refractivity contribution in [2.45, 2.75) is 41.0 Å². The molecule has 1 rings (SSSR count). The van der Waals surface area contributed by atoms with E-state index >= 15 is 0 Å². The molecule has 0 amide bonds. The quantitative estimate of drug-likeness (QED) is 0.614. The molecule has 11 heavy (non-hydrogen) atoms. The van der Waals surface area contributed by atoms with Gasteiger partial charge in [0.2, 0.25) is 0 Å². The van der Waals surface area contributed by atoms with Crippen LogP contribution in [-0.2, 0) is 0 Å². The van der Waals surface area contributed by atoms with Crippen LogP contribution in [0.25, 0.3) is 0 Å². The van der Waals surface area contributed by atoms with Gasteiger partial charge in [0.15, 0.2) is 0 Å². The van der Waals surface area contributed by atoms with Crippen molar-refractivity contribution in [2.24, 2.45) is 0 Å². The standard InChI is InChI=1S/C4H6N2.C3H8.C2H6/c1-4-2-3-5-6-4;1-3-2;1-2/h2-3H,1H3,(H,5,6);3H2,1-2H3;1-2H3. The number of nitrogens with zero attached hydrogens (tertiary/aromatic N) is 1. The van der Waals surface area contributed by atoms with Crippen molar-refractivity contribution < 1.29 is 0 Å². The molecule has 0 spiro atoms. The second-order valence-electron chi connectivity index (χ2n) is 1.95. The zero-order valence-corrected chi connectivity index (χ0v) is 8.31. The van der Waals surface area contributed by atoms with Crippen molar-refractivity contribution in [3.05, 3.63) is 18.0 Å². The number of H-pyrrole nitrogens is 1. The second-order valence-corrected chi connectivity index (χ2v) is 1.95. The van der Waals surface area contributed by atoms with Crippen LogP contribution >= 0.6 is 0 Å². The number of aryl methyl sites for hydroxylation is 1. The Hall–Kier alpha value is -0.790. The zero-order chi connectivity index (χ0) is 9.11. The molecule has 0 fully saturated rings. The summed E-state index contributed by atoms with van der Waals surface area (Å²) in [6, 6.07) is 1.92. The maximum atomic E-state index is 3.70. The Bertz CT molecular complexity index is 122. The van der Waals surface area contributed by atoms with Crippen LogP contribution in [0.4, 0.5) is 0 Å². The molecule has 1 aromatic rings. The summed E-state index contributed by atoms with van der Waals surface area (Å²) in [6.45, 7) is 10.2. The molecule has 2 heteroatoms. The van der Waals surface area contributed by atoms with Crippen LogP contribution in [0.1, 0.15) is 39.8 Å². The topological polar surface area (TPSA) is 28.7 Å². The van der Waals surface area contributed by atoms with E-state index in [9.17, 15) is 0 Å². The molecule has 66 valence electrons. The molecule has 0 aliphatic heterocycles. The maximum absolute atomic E-state index is 3.70. The molecule has 1 heterocycles. The van der Waals surface area contributed by atoms with E-state index < -0.39 is 0 Å². The number of aromatic amines is 1. The van der Waals surface area contributed by atoms with Crippen LogP contribution in [0.3, 0.4) is 0 Å². The molecule has 2 nitrogen and oxygen atoms in total. The summed E-state index contributed by atoms with van der Waals surface area (Å²) in [5.74, 6) is 0. The maximum Gasteiger partial charge on any atom is 0.0489 e. The lowest BCUT2D eigenvalue weighted by Crippen LogP contribution is -1.65. The molecular weight excluding hydrogens is 136 g/mol. The van der Waals surface area contributed by atoms with Crippen molar-refractivity contribution >= 4 is 0 Å². The Morgan fingerprint density at radius 2 is 1.82 bits per heavy atom. The van der Waals surface area contributed by atoms with E-state index in [-0.39, 0.29) is 0 Å². The van der Waals surface area contributed by atoms with Gasteiger partial charge in [0.25, 0.3) is 0 Å². The second kappa shape index (κ2) is 11.9. The largest absolute Gasteiger partial charge is 0.283 e. The van der Waals surface area contributed by atoms with Crippen LogP contribution in [-0.4, -0.2) is 10.2 Å². The summed E-state index contributed by atoms with van der Waals surface area (Å²) < 4.78 is 0. The van der Waals surface area contributed by atoms with Gasteiger partial charge in [-0.3, -0.25) is 5.10 Å². The first-order chi connectivity index (χ1) is 5.31. The summed E-state index contributed by atoms with van der Waals surface area (Å²) in [4.78, 5) is 0. The van der Waals surface area contributed by atoms with Crippen LogP contribution in [0, 0.1) is 6.92 Å². The third kappa shape index (κ3) is 12.4. The van der Waals surface area contributed by atoms with Gasteiger partial charge in [-0.25, -0.2) is 0 Å². The molecule has 0 aliphatic carbocycles. The van der Waals surface area contributed by atoms with Gasteiger partial charge in [-0.05, 0) is 13.0 Å². The Morgan fingerprint density at radius 1 is 1.36 bits per heavy atom. The van der Waals surface area contributed by atoms with Gasteiger partial charge >= 0.3 is 0 Å². The Balaban J connectivity index is 0. The van der Waals surface area contributed by atoms with E-state index in [1.807, 2.05) is 26.8 Å². The van der Waals surface area contributed by atoms with Crippen molar-refractivity contribution in [3.63, 3.8) is 0 Å². The van der Waals surface area contributed by atoms with Gasteiger partial charge in [-0.1, -0.05) is 34.1 Å². The summed E-state index contributed by atoms with van der Waals surface area (Å²) >= 11 is 0. The van der Waals surface area contributed by atoms with E-state index in [4.69, 9.17) is 0 Å². The molecule has 0 radical (unpaired) electrons. The first-order valence-electron chi connectivity index (χ1n) is 4.27. The highest BCUT2D eigenvalue weighted by Gasteiger charge is 1.73. The summed E-state index contributed by atoms with van der Waals surface area (Å²) in [6.07, 6.45) is 2.98. The van der Waals surface area contributed by atoms with Crippen molar-refractivity contribution in [2.75, 3.05) is 0 Å².